The average Bonchev–Trinajstić information content (AvgIpc) is 3.57. The molecule has 2 unspecified atom stereocenters. The highest BCUT2D eigenvalue weighted by atomic mass is 32.2. The Kier molecular flexibility index (Phi) is 6.41. The third kappa shape index (κ3) is 3.60. The van der Waals surface area contributed by atoms with E-state index >= 15 is 0 Å². The molecule has 0 saturated carbocycles. The van der Waals surface area contributed by atoms with Crippen LogP contribution in [0.1, 0.15) is 30.9 Å². The molecule has 200 valence electrons. The Bertz CT molecular complexity index is 1460. The molecule has 11 heteroatoms. The third-order valence-corrected chi connectivity index (χ3v) is 9.27. The molecule has 2 aromatic rings. The molecule has 2 amide bonds. The number of sulfonamides is 1. The number of anilines is 1. The smallest absolute Gasteiger partial charge is 0.296 e. The van der Waals surface area contributed by atoms with Gasteiger partial charge in [0.15, 0.2) is 5.54 Å². The van der Waals surface area contributed by atoms with Crippen LogP contribution in [0, 0.1) is 0 Å². The van der Waals surface area contributed by atoms with Crippen molar-refractivity contribution in [2.45, 2.75) is 36.3 Å². The lowest BCUT2D eigenvalue weighted by atomic mass is 9.81. The summed E-state index contributed by atoms with van der Waals surface area (Å²) in [5.74, 6) is -2.93. The number of amides is 2. The molecule has 2 atom stereocenters. The number of nitrogens with zero attached hydrogens (tertiary/aromatic N) is 3. The molecule has 0 bridgehead atoms. The average molecular weight is 540 g/mol. The molecule has 0 aliphatic carbocycles. The number of likely N-dealkylation sites (N-methyl/N-ethyl adjacent to an activating group) is 1. The number of ketones is 1. The summed E-state index contributed by atoms with van der Waals surface area (Å²) in [6, 6.07) is 12.3. The lowest BCUT2D eigenvalue weighted by Crippen LogP contribution is -2.53. The fourth-order valence-electron chi connectivity index (χ4n) is 5.56. The zero-order chi connectivity index (χ0) is 27.4. The maximum atomic E-state index is 14.2. The van der Waals surface area contributed by atoms with Gasteiger partial charge in [0.25, 0.3) is 17.6 Å². The van der Waals surface area contributed by atoms with E-state index in [0.29, 0.717) is 30.8 Å². The van der Waals surface area contributed by atoms with Crippen LogP contribution in [0.25, 0.3) is 5.76 Å². The second-order valence-electron chi connectivity index (χ2n) is 9.69. The summed E-state index contributed by atoms with van der Waals surface area (Å²) >= 11 is 0. The molecule has 2 aromatic carbocycles. The van der Waals surface area contributed by atoms with Crippen molar-refractivity contribution in [1.82, 2.24) is 9.21 Å². The number of aliphatic hydroxyl groups excluding tert-OH is 1. The van der Waals surface area contributed by atoms with Crippen molar-refractivity contribution in [3.63, 3.8) is 0 Å². The number of likely N-dealkylation sites (tertiary alicyclic amines) is 1. The Morgan fingerprint density at radius 3 is 2.39 bits per heavy atom. The highest BCUT2D eigenvalue weighted by molar-refractivity contribution is 7.89. The second-order valence-corrected chi connectivity index (χ2v) is 11.8. The Balaban J connectivity index is 1.74. The first kappa shape index (κ1) is 26.1. The standard InChI is InChI=1S/C27H29N3O7S/c1-4-29-21-10-6-5-9-20(21)27(26(29)34)22(24(32)25(33)30(27)16-18-8-7-15-37-18)23(31)17-11-13-19(14-12-17)38(35,36)28(2)3/h5-6,9-14,18,31H,4,7-8,15-16H2,1-3H3/b23-22-. The molecular formula is C27H29N3O7S. The topological polar surface area (TPSA) is 125 Å². The number of para-hydroxylation sites is 1. The van der Waals surface area contributed by atoms with Crippen LogP contribution in [0.5, 0.6) is 0 Å². The van der Waals surface area contributed by atoms with Crippen molar-refractivity contribution < 1.29 is 32.6 Å². The number of hydrogen-bond donors (Lipinski definition) is 1. The van der Waals surface area contributed by atoms with E-state index in [4.69, 9.17) is 4.74 Å². The second kappa shape index (κ2) is 9.33. The van der Waals surface area contributed by atoms with Gasteiger partial charge in [-0.15, -0.1) is 0 Å². The monoisotopic (exact) mass is 539 g/mol. The van der Waals surface area contributed by atoms with Crippen LogP contribution in [-0.2, 0) is 34.7 Å². The maximum absolute atomic E-state index is 14.2. The highest BCUT2D eigenvalue weighted by Crippen LogP contribution is 2.53. The van der Waals surface area contributed by atoms with Crippen molar-refractivity contribution in [3.05, 3.63) is 65.2 Å². The Labute approximate surface area is 221 Å². The first-order valence-corrected chi connectivity index (χ1v) is 13.9. The number of fused-ring (bicyclic) bond motifs is 2. The lowest BCUT2D eigenvalue weighted by Gasteiger charge is -2.35. The van der Waals surface area contributed by atoms with Gasteiger partial charge in [0.1, 0.15) is 5.76 Å². The molecule has 2 fully saturated rings. The molecule has 2 saturated heterocycles. The minimum atomic E-state index is -3.73. The molecule has 0 aromatic heterocycles. The summed E-state index contributed by atoms with van der Waals surface area (Å²) in [5.41, 5.74) is -1.12. The van der Waals surface area contributed by atoms with Crippen LogP contribution in [0.15, 0.2) is 59.0 Å². The molecule has 1 spiro atoms. The zero-order valence-corrected chi connectivity index (χ0v) is 22.2. The van der Waals surface area contributed by atoms with Crippen LogP contribution < -0.4 is 4.90 Å². The molecular weight excluding hydrogens is 510 g/mol. The molecule has 3 heterocycles. The summed E-state index contributed by atoms with van der Waals surface area (Å²) in [6.07, 6.45) is 1.13. The van der Waals surface area contributed by atoms with E-state index in [-0.39, 0.29) is 28.7 Å². The number of Topliss-reactive ketones (excluding diaryl/α,β-unsaturated/α-hetero) is 1. The maximum Gasteiger partial charge on any atom is 0.296 e. The minimum absolute atomic E-state index is 0.00737. The number of carbonyl (C=O) groups excluding carboxylic acids is 3. The van der Waals surface area contributed by atoms with Crippen LogP contribution >= 0.6 is 0 Å². The SMILES string of the molecule is CCN1C(=O)C2(/C(=C(\O)c3ccc(S(=O)(=O)N(C)C)cc3)C(=O)C(=O)N2CC2CCCO2)c2ccccc21. The fourth-order valence-corrected chi connectivity index (χ4v) is 6.46. The number of benzene rings is 2. The van der Waals surface area contributed by atoms with Crippen molar-refractivity contribution in [3.8, 4) is 0 Å². The molecule has 1 N–H and O–H groups in total. The van der Waals surface area contributed by atoms with Gasteiger partial charge in [-0.3, -0.25) is 14.4 Å². The Morgan fingerprint density at radius 2 is 1.79 bits per heavy atom. The van der Waals surface area contributed by atoms with E-state index < -0.39 is 38.9 Å². The fraction of sp³-hybridized carbons (Fsp3) is 0.370. The largest absolute Gasteiger partial charge is 0.507 e. The molecule has 5 rings (SSSR count). The van der Waals surface area contributed by atoms with Gasteiger partial charge in [-0.25, -0.2) is 12.7 Å². The number of carbonyl (C=O) groups is 3. The van der Waals surface area contributed by atoms with Gasteiger partial charge in [0.2, 0.25) is 10.0 Å². The van der Waals surface area contributed by atoms with E-state index in [0.717, 1.165) is 10.7 Å². The Morgan fingerprint density at radius 1 is 1.11 bits per heavy atom. The quantitative estimate of drug-likeness (QED) is 0.339. The van der Waals surface area contributed by atoms with E-state index in [9.17, 15) is 27.9 Å². The predicted molar refractivity (Wildman–Crippen MR) is 139 cm³/mol. The van der Waals surface area contributed by atoms with E-state index in [1.165, 1.54) is 48.2 Å². The molecule has 38 heavy (non-hydrogen) atoms. The van der Waals surface area contributed by atoms with E-state index in [1.807, 2.05) is 0 Å². The normalized spacial score (nSPS) is 24.7. The third-order valence-electron chi connectivity index (χ3n) is 7.44. The van der Waals surface area contributed by atoms with Crippen LogP contribution in [0.3, 0.4) is 0 Å². The zero-order valence-electron chi connectivity index (χ0n) is 21.4. The lowest BCUT2D eigenvalue weighted by molar-refractivity contribution is -0.145. The van der Waals surface area contributed by atoms with E-state index in [1.54, 1.807) is 31.2 Å². The molecule has 3 aliphatic rings. The van der Waals surface area contributed by atoms with E-state index in [2.05, 4.69) is 0 Å². The van der Waals surface area contributed by atoms with Gasteiger partial charge >= 0.3 is 0 Å². The van der Waals surface area contributed by atoms with Crippen LogP contribution in [0.4, 0.5) is 5.69 Å². The van der Waals surface area contributed by atoms with Gasteiger partial charge in [0.05, 0.1) is 22.3 Å². The summed E-state index contributed by atoms with van der Waals surface area (Å²) in [5, 5.41) is 11.5. The minimum Gasteiger partial charge on any atom is -0.507 e. The molecule has 3 aliphatic heterocycles. The van der Waals surface area contributed by atoms with Crippen molar-refractivity contribution in [1.29, 1.82) is 0 Å². The molecule has 0 radical (unpaired) electrons. The number of hydrogen-bond acceptors (Lipinski definition) is 7. The summed E-state index contributed by atoms with van der Waals surface area (Å²) in [7, 11) is -0.923. The summed E-state index contributed by atoms with van der Waals surface area (Å²) in [4.78, 5) is 44.1. The highest BCUT2D eigenvalue weighted by Gasteiger charge is 2.67. The van der Waals surface area contributed by atoms with Crippen LogP contribution in [0.2, 0.25) is 0 Å². The van der Waals surface area contributed by atoms with Crippen LogP contribution in [-0.4, -0.2) is 80.2 Å². The van der Waals surface area contributed by atoms with Gasteiger partial charge < -0.3 is 19.6 Å². The summed E-state index contributed by atoms with van der Waals surface area (Å²) in [6.45, 7) is 2.62. The number of ether oxygens (including phenoxy) is 1. The number of aliphatic hydroxyl groups is 1. The van der Waals surface area contributed by atoms with Gasteiger partial charge in [-0.2, -0.15) is 0 Å². The predicted octanol–water partition coefficient (Wildman–Crippen LogP) is 2.06. The van der Waals surface area contributed by atoms with Crippen molar-refractivity contribution in [2.24, 2.45) is 0 Å². The van der Waals surface area contributed by atoms with Gasteiger partial charge in [0, 0.05) is 44.9 Å². The summed E-state index contributed by atoms with van der Waals surface area (Å²) < 4.78 is 31.8. The van der Waals surface area contributed by atoms with Crippen molar-refractivity contribution >= 4 is 39.1 Å². The number of rotatable bonds is 6. The van der Waals surface area contributed by atoms with Crippen molar-refractivity contribution in [2.75, 3.05) is 38.7 Å². The van der Waals surface area contributed by atoms with Gasteiger partial charge in [-0.1, -0.05) is 18.2 Å². The first-order chi connectivity index (χ1) is 18.1. The molecule has 10 nitrogen and oxygen atoms in total. The first-order valence-electron chi connectivity index (χ1n) is 12.4. The van der Waals surface area contributed by atoms with Gasteiger partial charge in [-0.05, 0) is 50.1 Å². The Hall–Kier alpha value is -3.54.